The maximum atomic E-state index is 13.6. The molecule has 0 saturated carbocycles. The van der Waals surface area contributed by atoms with Crippen molar-refractivity contribution in [2.45, 2.75) is 486 Å². The van der Waals surface area contributed by atoms with Crippen molar-refractivity contribution in [1.29, 1.82) is 0 Å². The molecule has 24 nitrogen and oxygen atoms in total. The Bertz CT molecular complexity index is 3760. The Kier molecular flexibility index (Phi) is 61.9. The van der Waals surface area contributed by atoms with E-state index in [1.54, 1.807) is 69.0 Å². The van der Waals surface area contributed by atoms with Crippen LogP contribution in [0.3, 0.4) is 0 Å². The van der Waals surface area contributed by atoms with Gasteiger partial charge in [0.2, 0.25) is 34.6 Å². The van der Waals surface area contributed by atoms with Crippen molar-refractivity contribution >= 4 is 30.0 Å². The topological polar surface area (TPSA) is 253 Å². The Labute approximate surface area is 819 Å². The third kappa shape index (κ3) is 41.6. The molecule has 0 aromatic heterocycles. The lowest BCUT2D eigenvalue weighted by Gasteiger charge is -2.40. The van der Waals surface area contributed by atoms with Crippen LogP contribution in [-0.2, 0) is 94.6 Å². The number of unbranched alkanes of at least 4 members (excludes halogenated alkanes) is 31. The zero-order valence-corrected chi connectivity index (χ0v) is 90.2. The number of Topliss-reactive ketones (excluding diaryl/α,β-unsaturated/α-hetero) is 2. The highest BCUT2D eigenvalue weighted by atomic mass is 32.2. The van der Waals surface area contributed by atoms with Crippen LogP contribution in [0, 0.1) is 25.7 Å². The van der Waals surface area contributed by atoms with Gasteiger partial charge in [-0.3, -0.25) is 13.8 Å². The molecule has 0 bridgehead atoms. The highest BCUT2D eigenvalue weighted by molar-refractivity contribution is 7.86. The number of aryl methyl sites for hydroxylation is 1. The number of hydrogen-bond acceptors (Lipinski definition) is 24. The van der Waals surface area contributed by atoms with Crippen molar-refractivity contribution in [3.8, 4) is 34.8 Å². The molecule has 135 heavy (non-hydrogen) atoms. The second-order valence-corrected chi connectivity index (χ2v) is 45.3. The Morgan fingerprint density at radius 1 is 0.400 bits per heavy atom. The minimum atomic E-state index is -4.25. The van der Waals surface area contributed by atoms with Gasteiger partial charge >= 0.3 is 0 Å². The van der Waals surface area contributed by atoms with Crippen molar-refractivity contribution in [1.82, 2.24) is 0 Å². The number of ketones is 2. The zero-order valence-electron chi connectivity index (χ0n) is 88.4. The molecule has 1 aliphatic carbocycles. The van der Waals surface area contributed by atoms with Gasteiger partial charge < -0.3 is 89.7 Å². The summed E-state index contributed by atoms with van der Waals surface area (Å²) in [4.78, 5) is 26.8. The lowest BCUT2D eigenvalue weighted by molar-refractivity contribution is -0.158. The molecule has 0 N–H and O–H groups in total. The smallest absolute Gasteiger partial charge is 0.297 e. The van der Waals surface area contributed by atoms with Gasteiger partial charge in [-0.15, -0.1) is 5.92 Å². The fourth-order valence-corrected chi connectivity index (χ4v) is 21.6. The van der Waals surface area contributed by atoms with Crippen molar-refractivity contribution in [3.05, 3.63) is 63.6 Å². The number of carbonyl (C=O) groups excluding carboxylic acids is 2. The Hall–Kier alpha value is -4.77. The first-order valence-electron chi connectivity index (χ1n) is 52.5. The van der Waals surface area contributed by atoms with E-state index in [4.69, 9.17) is 93.9 Å². The largest absolute Gasteiger partial charge is 0.492 e. The van der Waals surface area contributed by atoms with E-state index in [9.17, 15) is 18.0 Å². The molecule has 0 spiro atoms. The van der Waals surface area contributed by atoms with E-state index in [1.165, 1.54) is 162 Å². The normalized spacial score (nSPS) is 20.7. The van der Waals surface area contributed by atoms with Crippen LogP contribution in [0.4, 0.5) is 0 Å². The van der Waals surface area contributed by atoms with Gasteiger partial charge in [0.25, 0.3) is 10.1 Å². The number of rotatable bonds is 72. The minimum absolute atomic E-state index is 0.00660. The molecule has 4 saturated heterocycles. The molecular formula is C109H188O24SSi. The average molecular weight is 1940 g/mol. The monoisotopic (exact) mass is 1940 g/mol. The van der Waals surface area contributed by atoms with E-state index in [2.05, 4.69) is 66.5 Å². The van der Waals surface area contributed by atoms with Crippen LogP contribution in [0.25, 0.3) is 0 Å². The van der Waals surface area contributed by atoms with Gasteiger partial charge in [0.1, 0.15) is 39.4 Å². The number of carbonyl (C=O) groups is 2. The fourth-order valence-electron chi connectivity index (χ4n) is 19.2. The van der Waals surface area contributed by atoms with Gasteiger partial charge in [-0.25, -0.2) is 0 Å². The van der Waals surface area contributed by atoms with Crippen molar-refractivity contribution in [2.75, 3.05) is 98.3 Å². The van der Waals surface area contributed by atoms with E-state index in [0.29, 0.717) is 43.0 Å². The van der Waals surface area contributed by atoms with Gasteiger partial charge in [-0.1, -0.05) is 284 Å². The van der Waals surface area contributed by atoms with Gasteiger partial charge in [-0.2, -0.15) is 8.42 Å². The summed E-state index contributed by atoms with van der Waals surface area (Å²) >= 11 is 0. The summed E-state index contributed by atoms with van der Waals surface area (Å²) < 4.78 is 146. The van der Waals surface area contributed by atoms with Crippen LogP contribution in [0.1, 0.15) is 386 Å². The van der Waals surface area contributed by atoms with Crippen LogP contribution in [0.2, 0.25) is 18.1 Å². The molecule has 2 aromatic carbocycles. The highest BCUT2D eigenvalue weighted by Gasteiger charge is 2.47. The van der Waals surface area contributed by atoms with Crippen LogP contribution in [0.15, 0.2) is 51.8 Å². The molecule has 0 amide bonds. The molecule has 4 heterocycles. The van der Waals surface area contributed by atoms with E-state index >= 15 is 0 Å². The molecule has 778 valence electrons. The predicted molar refractivity (Wildman–Crippen MR) is 539 cm³/mol. The molecule has 14 atom stereocenters. The molecule has 5 aliphatic rings. The maximum Gasteiger partial charge on any atom is 0.297 e. The number of benzene rings is 2. The SMILES string of the molecule is CC.CCCCCCCCCC[C@H](OCOC)[C@@H]1CC[C@@H]([C@@H]2CC[C@@H](C(C#CCCCCCCCCCCC(O[Si](C)(C)C(C)(C)C)c3c(C)c(OC)c(OC)c(OC)c3OC)OCOC)O2)O1.CCCCCCCCCC[C@H](OCOC)[C@@H]1CC[C@@H]([C@@H]2CC[C@@H](C(CCCCCCCCCCCCC(OS(=O)(=O)c3ccc(C)cc3)C3=C(C)C(=O)C(OC)=C(OC)C3=O)OCOC)O2)O1. The average Bonchev–Trinajstić information content (AvgIpc) is 1.09. The molecule has 4 fully saturated rings. The predicted octanol–water partition coefficient (Wildman–Crippen LogP) is 26.0. The Morgan fingerprint density at radius 2 is 0.733 bits per heavy atom. The molecule has 26 heteroatoms. The van der Waals surface area contributed by atoms with Crippen LogP contribution in [0.5, 0.6) is 23.0 Å². The van der Waals surface area contributed by atoms with Crippen LogP contribution >= 0.6 is 0 Å². The number of hydrogen-bond donors (Lipinski definition) is 0. The van der Waals surface area contributed by atoms with Gasteiger partial charge in [0.05, 0.1) is 121 Å². The first-order valence-corrected chi connectivity index (χ1v) is 56.8. The first kappa shape index (κ1) is 121. The molecule has 4 aliphatic heterocycles. The summed E-state index contributed by atoms with van der Waals surface area (Å²) in [5.74, 6) is 7.64. The quantitative estimate of drug-likeness (QED) is 0.0149. The highest BCUT2D eigenvalue weighted by Crippen LogP contribution is 2.54. The second-order valence-electron chi connectivity index (χ2n) is 39.0. The van der Waals surface area contributed by atoms with Crippen LogP contribution in [-0.4, -0.2) is 206 Å². The van der Waals surface area contributed by atoms with Crippen molar-refractivity contribution in [2.24, 2.45) is 0 Å². The van der Waals surface area contributed by atoms with Crippen molar-refractivity contribution in [3.63, 3.8) is 0 Å². The molecule has 7 rings (SSSR count). The van der Waals surface area contributed by atoms with Crippen molar-refractivity contribution < 1.29 is 112 Å². The van der Waals surface area contributed by atoms with E-state index in [1.807, 2.05) is 20.8 Å². The molecule has 4 unspecified atom stereocenters. The minimum Gasteiger partial charge on any atom is -0.492 e. The Morgan fingerprint density at radius 3 is 1.10 bits per heavy atom. The zero-order chi connectivity index (χ0) is 98.8. The van der Waals surface area contributed by atoms with Crippen LogP contribution < -0.4 is 18.9 Å². The second kappa shape index (κ2) is 69.2. The fraction of sp³-hybridized carbons (Fsp3) is 0.817. The van der Waals surface area contributed by atoms with Gasteiger partial charge in [0, 0.05) is 57.1 Å². The lowest BCUT2D eigenvalue weighted by Crippen LogP contribution is -2.42. The van der Waals surface area contributed by atoms with E-state index < -0.39 is 36.1 Å². The molecule has 2 aromatic rings. The maximum absolute atomic E-state index is 13.6. The Balaban J connectivity index is 0.000000469. The summed E-state index contributed by atoms with van der Waals surface area (Å²) in [5.41, 5.74) is 2.94. The summed E-state index contributed by atoms with van der Waals surface area (Å²) in [5, 5.41) is 0.0548. The number of allylic oxidation sites excluding steroid dienone is 2. The molecule has 0 radical (unpaired) electrons. The summed E-state index contributed by atoms with van der Waals surface area (Å²) in [6.07, 6.45) is 51.9. The number of methoxy groups -OCH3 is 10. The number of ether oxygens (including phenoxy) is 18. The first-order chi connectivity index (χ1) is 65.3. The lowest BCUT2D eigenvalue weighted by atomic mass is 9.87. The van der Waals surface area contributed by atoms with E-state index in [-0.39, 0.29) is 132 Å². The summed E-state index contributed by atoms with van der Waals surface area (Å²) in [6.45, 7) is 26.5. The third-order valence-electron chi connectivity index (χ3n) is 27.8. The van der Waals surface area contributed by atoms with E-state index in [0.717, 1.165) is 184 Å². The molecular weight excluding hydrogens is 1750 g/mol. The third-order valence-corrected chi connectivity index (χ3v) is 33.7. The van der Waals surface area contributed by atoms with Gasteiger partial charge in [-0.05, 0) is 141 Å². The summed E-state index contributed by atoms with van der Waals surface area (Å²) in [6, 6.07) is 6.33. The summed E-state index contributed by atoms with van der Waals surface area (Å²) in [7, 11) is 9.51. The van der Waals surface area contributed by atoms with Gasteiger partial charge in [0.15, 0.2) is 19.8 Å². The standard InChI is InChI=1S/C54H96O11Si.C53H86O13S.C2H6/c1-14-15-16-17-18-23-26-29-32-42(61-39-55-6)44-35-37-46(63-44)47-38-36-45(64-47)43(62-40-56-7)33-30-27-24-21-19-20-22-25-28-31-34-48(65-66(12,13)54(3,4)5)49-41(2)50(57-8)52(59-10)53(60-11)51(49)58-9;1-8-9-10-11-12-17-20-23-26-42(62-37-58-4)44-33-35-46(64-44)47-36-34-45(65-47)43(63-38-59-5)27-24-21-18-15-13-14-16-19-22-25-28-48(66-67(56,57)41-31-29-39(2)30-32-41)49-40(3)50(54)52(60-6)53(61-7)51(49)55;1-2/h42-48H,14-29,31-32,34-40H2,1-13H3;29-32,42-48H,8-28,33-38H2,1-7H3;1-2H3/t2*42-,43?,44-,45-,46-,47-,48?;/m00./s1.